The number of primary amides is 2. The van der Waals surface area contributed by atoms with Crippen LogP contribution < -0.4 is 17.2 Å². The number of nitrogens with zero attached hydrogens (tertiary/aromatic N) is 1. The van der Waals surface area contributed by atoms with E-state index in [0.29, 0.717) is 6.42 Å². The first-order valence-corrected chi connectivity index (χ1v) is 4.49. The average Bonchev–Trinajstić information content (AvgIpc) is 2.13. The normalized spacial score (nSPS) is 11.9. The largest absolute Gasteiger partial charge is 0.368 e. The summed E-state index contributed by atoms with van der Waals surface area (Å²) in [4.78, 5) is 33.8. The lowest BCUT2D eigenvalue weighted by atomic mass is 10.2. The number of hydrogen-bond acceptors (Lipinski definition) is 4. The van der Waals surface area contributed by atoms with Gasteiger partial charge in [-0.05, 0) is 6.42 Å². The first-order valence-electron chi connectivity index (χ1n) is 4.49. The van der Waals surface area contributed by atoms with Crippen molar-refractivity contribution >= 4 is 17.7 Å². The molecule has 0 aliphatic carbocycles. The van der Waals surface area contributed by atoms with Gasteiger partial charge in [0, 0.05) is 0 Å². The summed E-state index contributed by atoms with van der Waals surface area (Å²) in [7, 11) is 0. The van der Waals surface area contributed by atoms with Crippen molar-refractivity contribution in [1.82, 2.24) is 4.90 Å². The third-order valence-corrected chi connectivity index (χ3v) is 1.76. The first-order chi connectivity index (χ1) is 6.88. The monoisotopic (exact) mass is 216 g/mol. The Morgan fingerprint density at radius 2 is 1.53 bits per heavy atom. The van der Waals surface area contributed by atoms with E-state index in [1.807, 2.05) is 0 Å². The van der Waals surface area contributed by atoms with Crippen LogP contribution in [0.4, 0.5) is 0 Å². The molecule has 86 valence electrons. The van der Waals surface area contributed by atoms with Crippen LogP contribution in [0.25, 0.3) is 0 Å². The molecule has 7 heteroatoms. The lowest BCUT2D eigenvalue weighted by Gasteiger charge is -2.22. The fourth-order valence-electron chi connectivity index (χ4n) is 0.997. The smallest absolute Gasteiger partial charge is 0.240 e. The molecule has 6 N–H and O–H groups in total. The Hall–Kier alpha value is -1.63. The Morgan fingerprint density at radius 3 is 1.80 bits per heavy atom. The summed E-state index contributed by atoms with van der Waals surface area (Å²) in [6.45, 7) is 1.01. The van der Waals surface area contributed by atoms with Gasteiger partial charge < -0.3 is 22.1 Å². The summed E-state index contributed by atoms with van der Waals surface area (Å²) in [5.41, 5.74) is 15.3. The highest BCUT2D eigenvalue weighted by atomic mass is 16.2. The standard InChI is InChI=1S/C8H16N4O3/c1-2-5(9)8(15)12(3-6(10)13)4-7(11)14/h5H,2-4,9H2,1H3,(H2,10,13)(H2,11,14). The van der Waals surface area contributed by atoms with Crippen LogP contribution in [0.5, 0.6) is 0 Å². The van der Waals surface area contributed by atoms with E-state index in [9.17, 15) is 14.4 Å². The van der Waals surface area contributed by atoms with E-state index in [0.717, 1.165) is 4.90 Å². The van der Waals surface area contributed by atoms with Crippen molar-refractivity contribution in [2.45, 2.75) is 19.4 Å². The van der Waals surface area contributed by atoms with Gasteiger partial charge in [-0.1, -0.05) is 6.92 Å². The predicted molar refractivity (Wildman–Crippen MR) is 53.2 cm³/mol. The zero-order valence-electron chi connectivity index (χ0n) is 8.60. The minimum Gasteiger partial charge on any atom is -0.368 e. The maximum Gasteiger partial charge on any atom is 0.240 e. The van der Waals surface area contributed by atoms with Gasteiger partial charge in [-0.3, -0.25) is 14.4 Å². The van der Waals surface area contributed by atoms with Crippen molar-refractivity contribution in [3.8, 4) is 0 Å². The van der Waals surface area contributed by atoms with Crippen molar-refractivity contribution in [2.24, 2.45) is 17.2 Å². The SMILES string of the molecule is CCC(N)C(=O)N(CC(N)=O)CC(N)=O. The number of rotatable bonds is 6. The van der Waals surface area contributed by atoms with Gasteiger partial charge in [0.2, 0.25) is 17.7 Å². The molecule has 0 aliphatic heterocycles. The van der Waals surface area contributed by atoms with E-state index in [2.05, 4.69) is 0 Å². The molecule has 15 heavy (non-hydrogen) atoms. The minimum atomic E-state index is -0.747. The van der Waals surface area contributed by atoms with Crippen molar-refractivity contribution in [3.05, 3.63) is 0 Å². The first kappa shape index (κ1) is 13.4. The van der Waals surface area contributed by atoms with Crippen LogP contribution >= 0.6 is 0 Å². The molecule has 0 aliphatic rings. The third-order valence-electron chi connectivity index (χ3n) is 1.76. The van der Waals surface area contributed by atoms with E-state index < -0.39 is 23.8 Å². The summed E-state index contributed by atoms with van der Waals surface area (Å²) in [5.74, 6) is -1.93. The summed E-state index contributed by atoms with van der Waals surface area (Å²) in [5, 5.41) is 0. The molecule has 0 saturated heterocycles. The van der Waals surface area contributed by atoms with Crippen molar-refractivity contribution in [2.75, 3.05) is 13.1 Å². The van der Waals surface area contributed by atoms with E-state index >= 15 is 0 Å². The van der Waals surface area contributed by atoms with Crippen LogP contribution in [-0.2, 0) is 14.4 Å². The highest BCUT2D eigenvalue weighted by Gasteiger charge is 2.22. The topological polar surface area (TPSA) is 133 Å². The Balaban J connectivity index is 4.53. The molecule has 0 aromatic heterocycles. The fraction of sp³-hybridized carbons (Fsp3) is 0.625. The van der Waals surface area contributed by atoms with E-state index in [4.69, 9.17) is 17.2 Å². The van der Waals surface area contributed by atoms with Crippen LogP contribution in [0, 0.1) is 0 Å². The summed E-state index contributed by atoms with van der Waals surface area (Å²) in [6.07, 6.45) is 0.410. The van der Waals surface area contributed by atoms with E-state index in [1.165, 1.54) is 0 Å². The maximum absolute atomic E-state index is 11.5. The summed E-state index contributed by atoms with van der Waals surface area (Å²) < 4.78 is 0. The van der Waals surface area contributed by atoms with Crippen LogP contribution in [0.2, 0.25) is 0 Å². The molecular formula is C8H16N4O3. The number of carbonyl (C=O) groups excluding carboxylic acids is 3. The molecule has 1 atom stereocenters. The molecule has 3 amide bonds. The molecule has 0 rings (SSSR count). The van der Waals surface area contributed by atoms with Gasteiger partial charge in [-0.25, -0.2) is 0 Å². The zero-order chi connectivity index (χ0) is 12.0. The Bertz CT molecular complexity index is 251. The number of amides is 3. The quantitative estimate of drug-likeness (QED) is 0.453. The minimum absolute atomic E-state index is 0.352. The second-order valence-corrected chi connectivity index (χ2v) is 3.14. The molecule has 0 saturated carbocycles. The van der Waals surface area contributed by atoms with Crippen LogP contribution in [0.3, 0.4) is 0 Å². The molecule has 0 bridgehead atoms. The Morgan fingerprint density at radius 1 is 1.13 bits per heavy atom. The lowest BCUT2D eigenvalue weighted by Crippen LogP contribution is -2.49. The molecule has 0 radical (unpaired) electrons. The van der Waals surface area contributed by atoms with Crippen LogP contribution in [0.1, 0.15) is 13.3 Å². The summed E-state index contributed by atoms with van der Waals surface area (Å²) >= 11 is 0. The highest BCUT2D eigenvalue weighted by Crippen LogP contribution is 1.96. The average molecular weight is 216 g/mol. The van der Waals surface area contributed by atoms with Crippen molar-refractivity contribution in [1.29, 1.82) is 0 Å². The zero-order valence-corrected chi connectivity index (χ0v) is 8.60. The molecule has 0 aromatic rings. The molecule has 7 nitrogen and oxygen atoms in total. The van der Waals surface area contributed by atoms with Gasteiger partial charge in [0.05, 0.1) is 19.1 Å². The second-order valence-electron chi connectivity index (χ2n) is 3.14. The van der Waals surface area contributed by atoms with Gasteiger partial charge in [0.25, 0.3) is 0 Å². The maximum atomic E-state index is 11.5. The number of carbonyl (C=O) groups is 3. The van der Waals surface area contributed by atoms with E-state index in [1.54, 1.807) is 6.92 Å². The van der Waals surface area contributed by atoms with Gasteiger partial charge >= 0.3 is 0 Å². The molecule has 0 heterocycles. The molecule has 0 spiro atoms. The second kappa shape index (κ2) is 5.97. The van der Waals surface area contributed by atoms with Crippen molar-refractivity contribution < 1.29 is 14.4 Å². The highest BCUT2D eigenvalue weighted by molar-refractivity contribution is 5.90. The van der Waals surface area contributed by atoms with Crippen LogP contribution in [-0.4, -0.2) is 41.8 Å². The Kier molecular flexibility index (Phi) is 5.32. The van der Waals surface area contributed by atoms with Gasteiger partial charge in [0.1, 0.15) is 0 Å². The number of nitrogens with two attached hydrogens (primary N) is 3. The van der Waals surface area contributed by atoms with Gasteiger partial charge in [0.15, 0.2) is 0 Å². The van der Waals surface area contributed by atoms with Crippen molar-refractivity contribution in [3.63, 3.8) is 0 Å². The molecule has 0 fully saturated rings. The summed E-state index contributed by atoms with van der Waals surface area (Å²) in [6, 6.07) is -0.747. The fourth-order valence-corrected chi connectivity index (χ4v) is 0.997. The molecule has 0 aromatic carbocycles. The molecular weight excluding hydrogens is 200 g/mol. The van der Waals surface area contributed by atoms with E-state index in [-0.39, 0.29) is 13.1 Å². The molecule has 1 unspecified atom stereocenters. The van der Waals surface area contributed by atoms with Gasteiger partial charge in [-0.2, -0.15) is 0 Å². The van der Waals surface area contributed by atoms with Gasteiger partial charge in [-0.15, -0.1) is 0 Å². The van der Waals surface area contributed by atoms with Crippen LogP contribution in [0.15, 0.2) is 0 Å². The number of hydrogen-bond donors (Lipinski definition) is 3. The Labute approximate surface area is 87.6 Å². The predicted octanol–water partition coefficient (Wildman–Crippen LogP) is -2.48. The lowest BCUT2D eigenvalue weighted by molar-refractivity contribution is -0.139. The third kappa shape index (κ3) is 4.96.